The Labute approximate surface area is 220 Å². The fourth-order valence-corrected chi connectivity index (χ4v) is 4.45. The van der Waals surface area contributed by atoms with Crippen molar-refractivity contribution in [2.75, 3.05) is 13.7 Å². The van der Waals surface area contributed by atoms with Gasteiger partial charge in [-0.2, -0.15) is 0 Å². The molecular formula is C32H38O5. The van der Waals surface area contributed by atoms with Gasteiger partial charge in [-0.1, -0.05) is 62.8 Å². The van der Waals surface area contributed by atoms with E-state index in [1.807, 2.05) is 24.3 Å². The van der Waals surface area contributed by atoms with Crippen LogP contribution in [0.15, 0.2) is 78.4 Å². The smallest absolute Gasteiger partial charge is 0.341 e. The van der Waals surface area contributed by atoms with Crippen molar-refractivity contribution < 1.29 is 23.8 Å². The lowest BCUT2D eigenvalue weighted by atomic mass is 9.82. The van der Waals surface area contributed by atoms with Crippen LogP contribution in [0.4, 0.5) is 0 Å². The third-order valence-corrected chi connectivity index (χ3v) is 6.61. The largest absolute Gasteiger partial charge is 0.423 e. The van der Waals surface area contributed by atoms with Crippen LogP contribution in [-0.2, 0) is 14.3 Å². The quantitative estimate of drug-likeness (QED) is 0.0977. The summed E-state index contributed by atoms with van der Waals surface area (Å²) in [4.78, 5) is 24.4. The predicted molar refractivity (Wildman–Crippen MR) is 148 cm³/mol. The van der Waals surface area contributed by atoms with Gasteiger partial charge in [0.2, 0.25) is 0 Å². The van der Waals surface area contributed by atoms with E-state index in [1.165, 1.54) is 38.4 Å². The molecule has 5 heteroatoms. The lowest BCUT2D eigenvalue weighted by Crippen LogP contribution is -2.16. The fraction of sp³-hybridized carbons (Fsp3) is 0.375. The second-order valence-corrected chi connectivity index (χ2v) is 9.66. The maximum atomic E-state index is 12.6. The summed E-state index contributed by atoms with van der Waals surface area (Å²) in [5.74, 6) is 0.351. The molecule has 0 saturated carbocycles. The van der Waals surface area contributed by atoms with Crippen molar-refractivity contribution in [3.8, 4) is 22.6 Å². The SMILES string of the molecule is C=C(C)C(=O)Oc1ccc(-c2ccc(OC(=O)C(=C)COC)c(C3CC=C(CCCCC)CC3)c2)cc1. The van der Waals surface area contributed by atoms with Crippen molar-refractivity contribution >= 4 is 11.9 Å². The first-order valence-corrected chi connectivity index (χ1v) is 13.0. The van der Waals surface area contributed by atoms with Crippen LogP contribution in [0.5, 0.6) is 11.5 Å². The molecule has 2 aromatic carbocycles. The molecule has 0 fully saturated rings. The lowest BCUT2D eigenvalue weighted by Gasteiger charge is -2.25. The van der Waals surface area contributed by atoms with Crippen molar-refractivity contribution in [1.29, 1.82) is 0 Å². The summed E-state index contributed by atoms with van der Waals surface area (Å²) in [5, 5.41) is 0. The molecule has 2 aromatic rings. The molecule has 196 valence electrons. The van der Waals surface area contributed by atoms with E-state index in [4.69, 9.17) is 14.2 Å². The predicted octanol–water partition coefficient (Wildman–Crippen LogP) is 7.72. The van der Waals surface area contributed by atoms with Crippen LogP contribution in [0, 0.1) is 0 Å². The first-order chi connectivity index (χ1) is 17.8. The number of unbranched alkanes of at least 4 members (excludes halogenated alkanes) is 2. The van der Waals surface area contributed by atoms with Crippen LogP contribution >= 0.6 is 0 Å². The third-order valence-electron chi connectivity index (χ3n) is 6.61. The van der Waals surface area contributed by atoms with Gasteiger partial charge in [0.1, 0.15) is 11.5 Å². The second kappa shape index (κ2) is 13.8. The van der Waals surface area contributed by atoms with E-state index < -0.39 is 11.9 Å². The number of hydrogen-bond acceptors (Lipinski definition) is 5. The topological polar surface area (TPSA) is 61.8 Å². The van der Waals surface area contributed by atoms with Crippen LogP contribution in [0.25, 0.3) is 11.1 Å². The summed E-state index contributed by atoms with van der Waals surface area (Å²) in [5.41, 5.74) is 5.15. The highest BCUT2D eigenvalue weighted by molar-refractivity contribution is 5.90. The zero-order chi connectivity index (χ0) is 26.8. The van der Waals surface area contributed by atoms with Crippen molar-refractivity contribution in [3.05, 3.63) is 84.0 Å². The molecule has 0 aromatic heterocycles. The Morgan fingerprint density at radius 1 is 0.973 bits per heavy atom. The van der Waals surface area contributed by atoms with Crippen molar-refractivity contribution in [1.82, 2.24) is 0 Å². The number of allylic oxidation sites excluding steroid dienone is 2. The van der Waals surface area contributed by atoms with Crippen molar-refractivity contribution in [3.63, 3.8) is 0 Å². The zero-order valence-electron chi connectivity index (χ0n) is 22.3. The van der Waals surface area contributed by atoms with Gasteiger partial charge in [-0.3, -0.25) is 0 Å². The maximum absolute atomic E-state index is 12.6. The molecule has 5 nitrogen and oxygen atoms in total. The van der Waals surface area contributed by atoms with Gasteiger partial charge in [0.05, 0.1) is 12.2 Å². The number of ether oxygens (including phenoxy) is 3. The van der Waals surface area contributed by atoms with Crippen LogP contribution in [0.2, 0.25) is 0 Å². The molecule has 1 aliphatic carbocycles. The van der Waals surface area contributed by atoms with Crippen molar-refractivity contribution in [2.24, 2.45) is 0 Å². The highest BCUT2D eigenvalue weighted by Crippen LogP contribution is 2.40. The zero-order valence-corrected chi connectivity index (χ0v) is 22.3. The minimum Gasteiger partial charge on any atom is -0.423 e. The highest BCUT2D eigenvalue weighted by atomic mass is 16.5. The van der Waals surface area contributed by atoms with Gasteiger partial charge >= 0.3 is 11.9 Å². The Kier molecular flexibility index (Phi) is 10.5. The summed E-state index contributed by atoms with van der Waals surface area (Å²) >= 11 is 0. The molecule has 0 saturated heterocycles. The van der Waals surface area contributed by atoms with Gasteiger partial charge in [-0.25, -0.2) is 9.59 Å². The number of carbonyl (C=O) groups excluding carboxylic acids is 2. The fourth-order valence-electron chi connectivity index (χ4n) is 4.45. The monoisotopic (exact) mass is 502 g/mol. The summed E-state index contributed by atoms with van der Waals surface area (Å²) in [7, 11) is 1.52. The van der Waals surface area contributed by atoms with Crippen LogP contribution in [-0.4, -0.2) is 25.7 Å². The summed E-state index contributed by atoms with van der Waals surface area (Å²) in [6.07, 6.45) is 10.3. The molecule has 1 atom stereocenters. The Bertz CT molecular complexity index is 1160. The van der Waals surface area contributed by atoms with E-state index in [0.29, 0.717) is 17.1 Å². The summed E-state index contributed by atoms with van der Waals surface area (Å²) < 4.78 is 16.1. The summed E-state index contributed by atoms with van der Waals surface area (Å²) in [6.45, 7) is 11.4. The van der Waals surface area contributed by atoms with Crippen LogP contribution in [0.3, 0.4) is 0 Å². The number of benzene rings is 2. The Morgan fingerprint density at radius 2 is 1.70 bits per heavy atom. The van der Waals surface area contributed by atoms with Gasteiger partial charge in [0.15, 0.2) is 0 Å². The van der Waals surface area contributed by atoms with E-state index in [1.54, 1.807) is 19.1 Å². The number of methoxy groups -OCH3 is 1. The minimum atomic E-state index is -0.480. The third kappa shape index (κ3) is 8.02. The van der Waals surface area contributed by atoms with Gasteiger partial charge in [-0.15, -0.1) is 0 Å². The molecule has 37 heavy (non-hydrogen) atoms. The average Bonchev–Trinajstić information content (AvgIpc) is 2.90. The number of esters is 2. The molecule has 0 aliphatic heterocycles. The standard InChI is InChI=1S/C32H38O5/c1-6-7-8-9-24-10-12-26(13-11-24)29-20-27(16-19-30(29)37-32(34)23(4)21-35-5)25-14-17-28(18-15-25)36-31(33)22(2)3/h10,14-20,26H,2,4,6-9,11-13,21H2,1,3,5H3. The molecule has 0 amide bonds. The minimum absolute atomic E-state index is 0.127. The molecule has 1 unspecified atom stereocenters. The Balaban J connectivity index is 1.86. The highest BCUT2D eigenvalue weighted by Gasteiger charge is 2.22. The maximum Gasteiger partial charge on any atom is 0.341 e. The van der Waals surface area contributed by atoms with Gasteiger partial charge in [0, 0.05) is 12.7 Å². The Hall–Kier alpha value is -3.44. The Morgan fingerprint density at radius 3 is 2.32 bits per heavy atom. The van der Waals surface area contributed by atoms with E-state index in [2.05, 4.69) is 32.2 Å². The molecule has 0 radical (unpaired) electrons. The average molecular weight is 503 g/mol. The number of rotatable bonds is 12. The number of carbonyl (C=O) groups is 2. The van der Waals surface area contributed by atoms with Gasteiger partial charge in [-0.05, 0) is 85.9 Å². The van der Waals surface area contributed by atoms with Crippen molar-refractivity contribution in [2.45, 2.75) is 64.7 Å². The second-order valence-electron chi connectivity index (χ2n) is 9.66. The molecule has 3 rings (SSSR count). The first-order valence-electron chi connectivity index (χ1n) is 13.0. The molecule has 0 heterocycles. The van der Waals surface area contributed by atoms with E-state index in [9.17, 15) is 9.59 Å². The molecule has 1 aliphatic rings. The molecule has 0 spiro atoms. The summed E-state index contributed by atoms with van der Waals surface area (Å²) in [6, 6.07) is 13.3. The molecular weight excluding hydrogens is 464 g/mol. The molecule has 0 bridgehead atoms. The van der Waals surface area contributed by atoms with Crippen LogP contribution < -0.4 is 9.47 Å². The van der Waals surface area contributed by atoms with Gasteiger partial charge < -0.3 is 14.2 Å². The molecule has 0 N–H and O–H groups in total. The lowest BCUT2D eigenvalue weighted by molar-refractivity contribution is -0.131. The van der Waals surface area contributed by atoms with Gasteiger partial charge in [0.25, 0.3) is 0 Å². The van der Waals surface area contributed by atoms with E-state index in [0.717, 1.165) is 36.0 Å². The normalized spacial score (nSPS) is 15.0. The first kappa shape index (κ1) is 28.1. The van der Waals surface area contributed by atoms with Crippen LogP contribution in [0.1, 0.15) is 70.3 Å². The van der Waals surface area contributed by atoms with E-state index in [-0.39, 0.29) is 18.1 Å². The number of hydrogen-bond donors (Lipinski definition) is 0. The van der Waals surface area contributed by atoms with E-state index >= 15 is 0 Å².